The molecule has 0 saturated carbocycles. The molecule has 2 aliphatic heterocycles. The molecule has 0 aromatic carbocycles. The minimum Gasteiger partial charge on any atom is -0.315 e. The van der Waals surface area contributed by atoms with Gasteiger partial charge < -0.3 is 10.6 Å². The monoisotopic (exact) mass is 260 g/mol. The average Bonchev–Trinajstić information content (AvgIpc) is 2.43. The first kappa shape index (κ1) is 14.5. The Hall–Kier alpha value is -0.860. The molecule has 106 valence electrons. The molecular weight excluding hydrogens is 232 g/mol. The number of nitrogens with one attached hydrogen (secondary N) is 2. The van der Waals surface area contributed by atoms with Crippen LogP contribution >= 0.6 is 0 Å². The Labute approximate surface area is 118 Å². The number of fused-ring (bicyclic) bond motifs is 11. The Bertz CT molecular complexity index is 352. The van der Waals surface area contributed by atoms with Crippen LogP contribution in [0.25, 0.3) is 0 Å². The lowest BCUT2D eigenvalue weighted by molar-refractivity contribution is 0.429. The van der Waals surface area contributed by atoms with E-state index in [1.165, 1.54) is 44.2 Å². The van der Waals surface area contributed by atoms with Gasteiger partial charge in [-0.05, 0) is 51.5 Å². The molecule has 0 aromatic heterocycles. The van der Waals surface area contributed by atoms with E-state index in [0.29, 0.717) is 0 Å². The van der Waals surface area contributed by atoms with Gasteiger partial charge >= 0.3 is 0 Å². The van der Waals surface area contributed by atoms with Crippen molar-refractivity contribution in [2.45, 2.75) is 39.0 Å². The largest absolute Gasteiger partial charge is 0.315 e. The minimum atomic E-state index is 0.856. The molecule has 0 aromatic rings. The molecule has 3 aliphatic rings. The zero-order chi connectivity index (χ0) is 13.3. The van der Waals surface area contributed by atoms with Crippen molar-refractivity contribution >= 4 is 0 Å². The van der Waals surface area contributed by atoms with E-state index >= 15 is 0 Å². The van der Waals surface area contributed by atoms with Crippen LogP contribution in [0, 0.1) is 5.92 Å². The maximum atomic E-state index is 3.58. The summed E-state index contributed by atoms with van der Waals surface area (Å²) >= 11 is 0. The third kappa shape index (κ3) is 5.75. The van der Waals surface area contributed by atoms with E-state index in [-0.39, 0.29) is 0 Å². The summed E-state index contributed by atoms with van der Waals surface area (Å²) in [7, 11) is 0. The summed E-state index contributed by atoms with van der Waals surface area (Å²) in [6, 6.07) is 0. The topological polar surface area (TPSA) is 24.1 Å². The Morgan fingerprint density at radius 2 is 2.00 bits per heavy atom. The van der Waals surface area contributed by atoms with Gasteiger partial charge in [-0.25, -0.2) is 0 Å². The Morgan fingerprint density at radius 1 is 1.11 bits per heavy atom. The van der Waals surface area contributed by atoms with Crippen LogP contribution in [0.1, 0.15) is 39.0 Å². The summed E-state index contributed by atoms with van der Waals surface area (Å²) in [5.41, 5.74) is 3.04. The Kier molecular flexibility index (Phi) is 6.38. The van der Waals surface area contributed by atoms with Crippen molar-refractivity contribution in [3.8, 4) is 0 Å². The molecule has 0 spiro atoms. The molecule has 0 saturated heterocycles. The lowest BCUT2D eigenvalue weighted by atomic mass is 9.87. The third-order valence-corrected chi connectivity index (χ3v) is 4.11. The van der Waals surface area contributed by atoms with E-state index < -0.39 is 0 Å². The van der Waals surface area contributed by atoms with Crippen molar-refractivity contribution < 1.29 is 0 Å². The van der Waals surface area contributed by atoms with Crippen molar-refractivity contribution in [3.05, 3.63) is 35.5 Å². The standard InChI is InChI=1S/C17H28N2/c1-15-4-2-3-5-16-6-8-17(9-7-16)14-19-13-12-18-11-10-15/h2,4,6,10,17-19H,3,5,7-9,11-14H2,1H3. The molecule has 19 heavy (non-hydrogen) atoms. The zero-order valence-corrected chi connectivity index (χ0v) is 12.3. The minimum absolute atomic E-state index is 0.856. The van der Waals surface area contributed by atoms with Gasteiger partial charge in [0, 0.05) is 19.6 Å². The molecule has 3 rings (SSSR count). The molecule has 0 amide bonds. The summed E-state index contributed by atoms with van der Waals surface area (Å²) in [5, 5.41) is 7.03. The van der Waals surface area contributed by atoms with Gasteiger partial charge in [-0.1, -0.05) is 35.5 Å². The van der Waals surface area contributed by atoms with E-state index in [9.17, 15) is 0 Å². The molecule has 2 heterocycles. The summed E-state index contributed by atoms with van der Waals surface area (Å²) in [6.07, 6.45) is 15.8. The Morgan fingerprint density at radius 3 is 2.84 bits per heavy atom. The second-order valence-corrected chi connectivity index (χ2v) is 5.80. The van der Waals surface area contributed by atoms with Gasteiger partial charge in [0.2, 0.25) is 0 Å². The van der Waals surface area contributed by atoms with Crippen molar-refractivity contribution in [1.82, 2.24) is 10.6 Å². The van der Waals surface area contributed by atoms with E-state index in [0.717, 1.165) is 25.6 Å². The van der Waals surface area contributed by atoms with Crippen LogP contribution in [0.15, 0.2) is 35.5 Å². The average molecular weight is 260 g/mol. The highest BCUT2D eigenvalue weighted by Gasteiger charge is 2.13. The fourth-order valence-electron chi connectivity index (χ4n) is 2.78. The molecule has 1 aliphatic carbocycles. The first-order valence-electron chi connectivity index (χ1n) is 7.77. The van der Waals surface area contributed by atoms with Gasteiger partial charge in [0.1, 0.15) is 0 Å². The molecule has 2 N–H and O–H groups in total. The molecule has 1 unspecified atom stereocenters. The highest BCUT2D eigenvalue weighted by molar-refractivity contribution is 5.17. The predicted octanol–water partition coefficient (Wildman–Crippen LogP) is 3.19. The Balaban J connectivity index is 1.89. The first-order valence-corrected chi connectivity index (χ1v) is 7.77. The molecule has 1 atom stereocenters. The van der Waals surface area contributed by atoms with Crippen molar-refractivity contribution in [1.29, 1.82) is 0 Å². The fraction of sp³-hybridized carbons (Fsp3) is 0.647. The quantitative estimate of drug-likeness (QED) is 0.654. The highest BCUT2D eigenvalue weighted by atomic mass is 14.9. The van der Waals surface area contributed by atoms with Crippen molar-refractivity contribution in [2.75, 3.05) is 26.2 Å². The normalized spacial score (nSPS) is 26.9. The molecule has 2 nitrogen and oxygen atoms in total. The number of rotatable bonds is 0. The van der Waals surface area contributed by atoms with E-state index in [2.05, 4.69) is 41.9 Å². The van der Waals surface area contributed by atoms with E-state index in [4.69, 9.17) is 0 Å². The van der Waals surface area contributed by atoms with Gasteiger partial charge in [0.25, 0.3) is 0 Å². The number of allylic oxidation sites excluding steroid dienone is 5. The lowest BCUT2D eigenvalue weighted by Crippen LogP contribution is -2.31. The fourth-order valence-corrected chi connectivity index (χ4v) is 2.78. The van der Waals surface area contributed by atoms with Gasteiger partial charge in [-0.2, -0.15) is 0 Å². The molecule has 2 heteroatoms. The number of hydrogen-bond donors (Lipinski definition) is 2. The van der Waals surface area contributed by atoms with Crippen molar-refractivity contribution in [2.24, 2.45) is 5.92 Å². The van der Waals surface area contributed by atoms with Crippen LogP contribution in [-0.2, 0) is 0 Å². The van der Waals surface area contributed by atoms with Gasteiger partial charge in [-0.3, -0.25) is 0 Å². The predicted molar refractivity (Wildman–Crippen MR) is 83.3 cm³/mol. The van der Waals surface area contributed by atoms with Gasteiger partial charge in [0.15, 0.2) is 0 Å². The molecule has 0 fully saturated rings. The maximum absolute atomic E-state index is 3.58. The van der Waals surface area contributed by atoms with Gasteiger partial charge in [-0.15, -0.1) is 0 Å². The molecule has 0 radical (unpaired) electrons. The molecule has 2 bridgehead atoms. The first-order chi connectivity index (χ1) is 9.34. The smallest absolute Gasteiger partial charge is 0.0141 e. The van der Waals surface area contributed by atoms with Crippen LogP contribution in [0.4, 0.5) is 0 Å². The maximum Gasteiger partial charge on any atom is 0.0141 e. The number of hydrogen-bond acceptors (Lipinski definition) is 2. The second kappa shape index (κ2) is 8.34. The van der Waals surface area contributed by atoms with E-state index in [1.54, 1.807) is 5.57 Å². The van der Waals surface area contributed by atoms with Crippen LogP contribution in [0.5, 0.6) is 0 Å². The second-order valence-electron chi connectivity index (χ2n) is 5.80. The van der Waals surface area contributed by atoms with Crippen LogP contribution in [-0.4, -0.2) is 26.2 Å². The van der Waals surface area contributed by atoms with E-state index in [1.807, 2.05) is 0 Å². The van der Waals surface area contributed by atoms with Crippen LogP contribution < -0.4 is 10.6 Å². The molecular formula is C17H28N2. The zero-order valence-electron chi connectivity index (χ0n) is 12.3. The summed E-state index contributed by atoms with van der Waals surface area (Å²) in [6.45, 7) is 6.48. The van der Waals surface area contributed by atoms with Crippen molar-refractivity contribution in [3.63, 3.8) is 0 Å². The summed E-state index contributed by atoms with van der Waals surface area (Å²) in [4.78, 5) is 0. The highest BCUT2D eigenvalue weighted by Crippen LogP contribution is 2.25. The van der Waals surface area contributed by atoms with Crippen LogP contribution in [0.2, 0.25) is 0 Å². The summed E-state index contributed by atoms with van der Waals surface area (Å²) < 4.78 is 0. The lowest BCUT2D eigenvalue weighted by Gasteiger charge is -2.22. The third-order valence-electron chi connectivity index (χ3n) is 4.11. The SMILES string of the molecule is CC1=CCNCCNCC2CC=C(CCC=C1)CC2. The van der Waals surface area contributed by atoms with Gasteiger partial charge in [0.05, 0.1) is 0 Å². The summed E-state index contributed by atoms with van der Waals surface area (Å²) in [5.74, 6) is 0.856. The van der Waals surface area contributed by atoms with Crippen LogP contribution in [0.3, 0.4) is 0 Å².